The quantitative estimate of drug-likeness (QED) is 0.179. The van der Waals surface area contributed by atoms with E-state index in [1.165, 1.54) is 5.56 Å². The number of oxazole rings is 1. The van der Waals surface area contributed by atoms with Gasteiger partial charge in [0.05, 0.1) is 0 Å². The highest BCUT2D eigenvalue weighted by Gasteiger charge is 2.17. The lowest BCUT2D eigenvalue weighted by Crippen LogP contribution is -2.10. The van der Waals surface area contributed by atoms with Crippen LogP contribution in [0.4, 0.5) is 17.1 Å². The van der Waals surface area contributed by atoms with Gasteiger partial charge >= 0.3 is 0 Å². The maximum Gasteiger partial charge on any atom is 0.227 e. The molecule has 0 aliphatic rings. The average molecular weight is 655 g/mol. The van der Waals surface area contributed by atoms with Crippen LogP contribution in [0.15, 0.2) is 191 Å². The topological polar surface area (TPSA) is 42.4 Å². The summed E-state index contributed by atoms with van der Waals surface area (Å²) in [6.45, 7) is 0. The van der Waals surface area contributed by atoms with Crippen LogP contribution in [0.3, 0.4) is 0 Å². The number of furan rings is 1. The highest BCUT2D eigenvalue weighted by molar-refractivity contribution is 6.06. The Kier molecular flexibility index (Phi) is 6.78. The summed E-state index contributed by atoms with van der Waals surface area (Å²) >= 11 is 0. The number of aromatic nitrogens is 1. The Hall–Kier alpha value is -6.91. The van der Waals surface area contributed by atoms with Crippen molar-refractivity contribution in [2.45, 2.75) is 0 Å². The number of hydrogen-bond donors (Lipinski definition) is 0. The molecule has 2 heterocycles. The fraction of sp³-hybridized carbons (Fsp3) is 0. The zero-order valence-electron chi connectivity index (χ0n) is 27.5. The fourth-order valence-electron chi connectivity index (χ4n) is 7.16. The smallest absolute Gasteiger partial charge is 0.227 e. The van der Waals surface area contributed by atoms with E-state index < -0.39 is 0 Å². The molecule has 0 saturated carbocycles. The van der Waals surface area contributed by atoms with Gasteiger partial charge in [0.2, 0.25) is 5.89 Å². The van der Waals surface area contributed by atoms with Crippen molar-refractivity contribution >= 4 is 60.9 Å². The van der Waals surface area contributed by atoms with Crippen LogP contribution < -0.4 is 4.90 Å². The molecule has 240 valence electrons. The second kappa shape index (κ2) is 11.9. The minimum absolute atomic E-state index is 0.635. The van der Waals surface area contributed by atoms with Crippen LogP contribution in [-0.4, -0.2) is 4.98 Å². The van der Waals surface area contributed by atoms with E-state index >= 15 is 0 Å². The molecule has 8 aromatic carbocycles. The van der Waals surface area contributed by atoms with Gasteiger partial charge in [0.25, 0.3) is 0 Å². The van der Waals surface area contributed by atoms with E-state index in [1.54, 1.807) is 0 Å². The number of nitrogens with zero attached hydrogens (tertiary/aromatic N) is 2. The lowest BCUT2D eigenvalue weighted by Gasteiger charge is -2.26. The van der Waals surface area contributed by atoms with Gasteiger partial charge in [0, 0.05) is 44.9 Å². The van der Waals surface area contributed by atoms with Crippen LogP contribution in [-0.2, 0) is 0 Å². The third-order valence-electron chi connectivity index (χ3n) is 9.68. The Bertz CT molecular complexity index is 2850. The summed E-state index contributed by atoms with van der Waals surface area (Å²) < 4.78 is 12.6. The number of hydrogen-bond acceptors (Lipinski definition) is 4. The molecular weight excluding hydrogens is 625 g/mol. The van der Waals surface area contributed by atoms with Crippen LogP contribution in [0, 0.1) is 0 Å². The summed E-state index contributed by atoms with van der Waals surface area (Å²) in [5.74, 6) is 0.635. The first kappa shape index (κ1) is 29.0. The number of rotatable bonds is 6. The summed E-state index contributed by atoms with van der Waals surface area (Å²) in [5.41, 5.74) is 12.1. The SMILES string of the molecule is c1ccc(-c2cccc(N(c3ccc(-c4ccc5c(ccc6nc(-c7ccccc7)oc65)c4)cc3)c3ccc4c(c3)oc3ccccc34)c2)cc1. The van der Waals surface area contributed by atoms with Gasteiger partial charge in [-0.3, -0.25) is 0 Å². The molecule has 0 aliphatic heterocycles. The number of para-hydroxylation sites is 1. The van der Waals surface area contributed by atoms with Gasteiger partial charge < -0.3 is 13.7 Å². The van der Waals surface area contributed by atoms with E-state index in [-0.39, 0.29) is 0 Å². The minimum Gasteiger partial charge on any atom is -0.456 e. The second-order valence-electron chi connectivity index (χ2n) is 12.8. The van der Waals surface area contributed by atoms with Crippen LogP contribution in [0.25, 0.3) is 77.5 Å². The van der Waals surface area contributed by atoms with Crippen molar-refractivity contribution in [3.05, 3.63) is 182 Å². The molecule has 4 heteroatoms. The summed E-state index contributed by atoms with van der Waals surface area (Å²) in [6.07, 6.45) is 0. The Balaban J connectivity index is 1.05. The minimum atomic E-state index is 0.635. The van der Waals surface area contributed by atoms with Gasteiger partial charge in [0.1, 0.15) is 16.7 Å². The molecule has 0 radical (unpaired) electrons. The van der Waals surface area contributed by atoms with Crippen molar-refractivity contribution < 1.29 is 8.83 Å². The summed E-state index contributed by atoms with van der Waals surface area (Å²) in [4.78, 5) is 7.06. The molecule has 0 amide bonds. The van der Waals surface area contributed by atoms with Gasteiger partial charge in [-0.25, -0.2) is 4.98 Å². The molecule has 0 saturated heterocycles. The third kappa shape index (κ3) is 5.13. The largest absolute Gasteiger partial charge is 0.456 e. The van der Waals surface area contributed by atoms with Crippen LogP contribution >= 0.6 is 0 Å². The van der Waals surface area contributed by atoms with Crippen molar-refractivity contribution in [3.63, 3.8) is 0 Å². The highest BCUT2D eigenvalue weighted by atomic mass is 16.3. The molecule has 51 heavy (non-hydrogen) atoms. The molecule has 0 N–H and O–H groups in total. The Morgan fingerprint density at radius 1 is 0.373 bits per heavy atom. The predicted molar refractivity (Wildman–Crippen MR) is 210 cm³/mol. The second-order valence-corrected chi connectivity index (χ2v) is 12.8. The first-order valence-corrected chi connectivity index (χ1v) is 17.1. The maximum absolute atomic E-state index is 6.33. The molecule has 10 aromatic rings. The van der Waals surface area contributed by atoms with Crippen LogP contribution in [0.2, 0.25) is 0 Å². The highest BCUT2D eigenvalue weighted by Crippen LogP contribution is 2.41. The molecule has 0 unspecified atom stereocenters. The van der Waals surface area contributed by atoms with Crippen molar-refractivity contribution in [2.24, 2.45) is 0 Å². The van der Waals surface area contributed by atoms with Gasteiger partial charge in [0.15, 0.2) is 5.58 Å². The Morgan fingerprint density at radius 2 is 1.00 bits per heavy atom. The average Bonchev–Trinajstić information content (AvgIpc) is 3.81. The molecule has 10 rings (SSSR count). The molecule has 0 fully saturated rings. The van der Waals surface area contributed by atoms with Crippen molar-refractivity contribution in [3.8, 4) is 33.7 Å². The lowest BCUT2D eigenvalue weighted by atomic mass is 10.00. The van der Waals surface area contributed by atoms with Crippen LogP contribution in [0.1, 0.15) is 0 Å². The van der Waals surface area contributed by atoms with E-state index in [9.17, 15) is 0 Å². The van der Waals surface area contributed by atoms with E-state index in [0.29, 0.717) is 5.89 Å². The van der Waals surface area contributed by atoms with Gasteiger partial charge in [-0.15, -0.1) is 0 Å². The molecule has 0 bridgehead atoms. The molecule has 0 atom stereocenters. The van der Waals surface area contributed by atoms with Crippen molar-refractivity contribution in [1.82, 2.24) is 4.98 Å². The molecule has 0 spiro atoms. The molecule has 0 aliphatic carbocycles. The number of benzene rings is 8. The molecular formula is C47H30N2O2. The Labute approximate surface area is 294 Å². The third-order valence-corrected chi connectivity index (χ3v) is 9.68. The monoisotopic (exact) mass is 654 g/mol. The molecule has 2 aromatic heterocycles. The predicted octanol–water partition coefficient (Wildman–Crippen LogP) is 13.4. The summed E-state index contributed by atoms with van der Waals surface area (Å²) in [5, 5.41) is 4.39. The summed E-state index contributed by atoms with van der Waals surface area (Å²) in [6, 6.07) is 63.5. The zero-order chi connectivity index (χ0) is 33.7. The van der Waals surface area contributed by atoms with E-state index in [1.807, 2.05) is 48.5 Å². The maximum atomic E-state index is 6.33. The van der Waals surface area contributed by atoms with Gasteiger partial charge in [-0.05, 0) is 100 Å². The van der Waals surface area contributed by atoms with Crippen molar-refractivity contribution in [2.75, 3.05) is 4.90 Å². The van der Waals surface area contributed by atoms with Crippen molar-refractivity contribution in [1.29, 1.82) is 0 Å². The number of fused-ring (bicyclic) bond motifs is 6. The fourth-order valence-corrected chi connectivity index (χ4v) is 7.16. The standard InChI is InChI=1S/C47H30N2O2/c1-3-10-31(11-4-1)34-14-9-15-38(29-34)49(39-24-26-42-41-16-7-8-17-44(41)50-45(42)30-39)37-22-18-32(19-23-37)35-20-25-40-36(28-35)21-27-43-46(40)51-47(48-43)33-12-5-2-6-13-33/h1-30H. The molecule has 4 nitrogen and oxygen atoms in total. The zero-order valence-corrected chi connectivity index (χ0v) is 27.5. The summed E-state index contributed by atoms with van der Waals surface area (Å²) in [7, 11) is 0. The first-order chi connectivity index (χ1) is 25.2. The van der Waals surface area contributed by atoms with E-state index in [2.05, 4.69) is 138 Å². The van der Waals surface area contributed by atoms with Crippen LogP contribution in [0.5, 0.6) is 0 Å². The van der Waals surface area contributed by atoms with Gasteiger partial charge in [-0.2, -0.15) is 0 Å². The first-order valence-electron chi connectivity index (χ1n) is 17.1. The van der Waals surface area contributed by atoms with E-state index in [0.717, 1.165) is 83.1 Å². The Morgan fingerprint density at radius 3 is 1.84 bits per heavy atom. The normalized spacial score (nSPS) is 11.5. The van der Waals surface area contributed by atoms with E-state index in [4.69, 9.17) is 13.8 Å². The number of anilines is 3. The lowest BCUT2D eigenvalue weighted by molar-refractivity contribution is 0.623. The van der Waals surface area contributed by atoms with Gasteiger partial charge in [-0.1, -0.05) is 103 Å².